The molecule has 0 aliphatic carbocycles. The highest BCUT2D eigenvalue weighted by atomic mass is 16.3. The Balaban J connectivity index is 2.08. The largest absolute Gasteiger partial charge is 0.390 e. The van der Waals surface area contributed by atoms with Crippen molar-refractivity contribution in [3.8, 4) is 0 Å². The molecule has 4 heteroatoms. The average molecular weight is 221 g/mol. The first kappa shape index (κ1) is 11.3. The standard InChI is InChI=1S/C12H19N3O/c1-10-4-5-11(14-13-10)15-8-3-6-12(2,16)7-9-15/h4-5,16H,3,6-9H2,1-2H3. The maximum atomic E-state index is 10.0. The van der Waals surface area contributed by atoms with E-state index in [1.807, 2.05) is 26.0 Å². The van der Waals surface area contributed by atoms with Crippen molar-refractivity contribution in [1.29, 1.82) is 0 Å². The summed E-state index contributed by atoms with van der Waals surface area (Å²) in [5, 5.41) is 18.3. The zero-order valence-corrected chi connectivity index (χ0v) is 9.98. The van der Waals surface area contributed by atoms with Crippen LogP contribution in [-0.2, 0) is 0 Å². The monoisotopic (exact) mass is 221 g/mol. The van der Waals surface area contributed by atoms with Crippen molar-refractivity contribution in [3.05, 3.63) is 17.8 Å². The fourth-order valence-electron chi connectivity index (χ4n) is 2.05. The maximum Gasteiger partial charge on any atom is 0.151 e. The van der Waals surface area contributed by atoms with Gasteiger partial charge in [0.05, 0.1) is 11.3 Å². The lowest BCUT2D eigenvalue weighted by Crippen LogP contribution is -2.28. The van der Waals surface area contributed by atoms with E-state index >= 15 is 0 Å². The molecule has 1 aromatic heterocycles. The Morgan fingerprint density at radius 2 is 2.06 bits per heavy atom. The van der Waals surface area contributed by atoms with Crippen LogP contribution in [0.5, 0.6) is 0 Å². The molecule has 0 amide bonds. The van der Waals surface area contributed by atoms with Crippen molar-refractivity contribution in [2.45, 2.75) is 38.7 Å². The number of anilines is 1. The molecule has 0 radical (unpaired) electrons. The van der Waals surface area contributed by atoms with Crippen LogP contribution >= 0.6 is 0 Å². The SMILES string of the molecule is Cc1ccc(N2CCCC(C)(O)CC2)nn1. The Morgan fingerprint density at radius 3 is 2.75 bits per heavy atom. The number of hydrogen-bond acceptors (Lipinski definition) is 4. The molecule has 0 bridgehead atoms. The molecule has 1 atom stereocenters. The molecule has 1 unspecified atom stereocenters. The summed E-state index contributed by atoms with van der Waals surface area (Å²) >= 11 is 0. The highest BCUT2D eigenvalue weighted by molar-refractivity contribution is 5.37. The van der Waals surface area contributed by atoms with Crippen LogP contribution in [0.2, 0.25) is 0 Å². The Kier molecular flexibility index (Phi) is 3.10. The third-order valence-electron chi connectivity index (χ3n) is 3.17. The van der Waals surface area contributed by atoms with Crippen LogP contribution in [0.15, 0.2) is 12.1 Å². The molecule has 88 valence electrons. The molecule has 4 nitrogen and oxygen atoms in total. The minimum atomic E-state index is -0.521. The van der Waals surface area contributed by atoms with Gasteiger partial charge in [-0.3, -0.25) is 0 Å². The zero-order chi connectivity index (χ0) is 11.6. The van der Waals surface area contributed by atoms with Gasteiger partial charge < -0.3 is 10.0 Å². The molecule has 1 aliphatic heterocycles. The van der Waals surface area contributed by atoms with E-state index < -0.39 is 5.60 Å². The molecule has 1 N–H and O–H groups in total. The van der Waals surface area contributed by atoms with Crippen molar-refractivity contribution in [2.24, 2.45) is 0 Å². The molecule has 2 heterocycles. The van der Waals surface area contributed by atoms with E-state index in [4.69, 9.17) is 0 Å². The summed E-state index contributed by atoms with van der Waals surface area (Å²) in [5.74, 6) is 0.920. The van der Waals surface area contributed by atoms with Gasteiger partial charge in [0.2, 0.25) is 0 Å². The van der Waals surface area contributed by atoms with Gasteiger partial charge in [-0.15, -0.1) is 5.10 Å². The predicted octanol–water partition coefficient (Wildman–Crippen LogP) is 1.53. The predicted molar refractivity (Wildman–Crippen MR) is 63.5 cm³/mol. The van der Waals surface area contributed by atoms with Crippen LogP contribution in [0.25, 0.3) is 0 Å². The summed E-state index contributed by atoms with van der Waals surface area (Å²) in [6.07, 6.45) is 2.66. The van der Waals surface area contributed by atoms with Gasteiger partial charge in [0, 0.05) is 13.1 Å². The Labute approximate surface area is 96.3 Å². The van der Waals surface area contributed by atoms with Crippen LogP contribution in [0.1, 0.15) is 31.9 Å². The van der Waals surface area contributed by atoms with Gasteiger partial charge in [0.15, 0.2) is 5.82 Å². The van der Waals surface area contributed by atoms with E-state index in [-0.39, 0.29) is 0 Å². The molecule has 0 aromatic carbocycles. The van der Waals surface area contributed by atoms with Gasteiger partial charge in [-0.1, -0.05) is 0 Å². The molecule has 0 saturated carbocycles. The third kappa shape index (κ3) is 2.70. The summed E-state index contributed by atoms with van der Waals surface area (Å²) in [6.45, 7) is 5.65. The first-order valence-electron chi connectivity index (χ1n) is 5.84. The van der Waals surface area contributed by atoms with Crippen molar-refractivity contribution in [1.82, 2.24) is 10.2 Å². The highest BCUT2D eigenvalue weighted by Gasteiger charge is 2.25. The topological polar surface area (TPSA) is 49.2 Å². The van der Waals surface area contributed by atoms with E-state index in [9.17, 15) is 5.11 Å². The molecule has 1 fully saturated rings. The molecule has 1 saturated heterocycles. The number of aliphatic hydroxyl groups is 1. The van der Waals surface area contributed by atoms with Gasteiger partial charge in [-0.25, -0.2) is 0 Å². The second-order valence-electron chi connectivity index (χ2n) is 4.87. The second kappa shape index (κ2) is 4.37. The normalized spacial score (nSPS) is 26.6. The van der Waals surface area contributed by atoms with Gasteiger partial charge in [0.25, 0.3) is 0 Å². The molecule has 16 heavy (non-hydrogen) atoms. The van der Waals surface area contributed by atoms with Gasteiger partial charge >= 0.3 is 0 Å². The zero-order valence-electron chi connectivity index (χ0n) is 9.98. The minimum absolute atomic E-state index is 0.521. The number of nitrogens with zero attached hydrogens (tertiary/aromatic N) is 3. The summed E-state index contributed by atoms with van der Waals surface area (Å²) in [6, 6.07) is 3.98. The summed E-state index contributed by atoms with van der Waals surface area (Å²) in [5.41, 5.74) is 0.415. The molecule has 1 aliphatic rings. The molecule has 2 rings (SSSR count). The van der Waals surface area contributed by atoms with E-state index in [0.717, 1.165) is 43.9 Å². The van der Waals surface area contributed by atoms with Crippen LogP contribution < -0.4 is 4.90 Å². The first-order valence-corrected chi connectivity index (χ1v) is 5.84. The highest BCUT2D eigenvalue weighted by Crippen LogP contribution is 2.23. The van der Waals surface area contributed by atoms with Crippen molar-refractivity contribution >= 4 is 5.82 Å². The number of rotatable bonds is 1. The van der Waals surface area contributed by atoms with Crippen LogP contribution in [0.4, 0.5) is 5.82 Å². The third-order valence-corrected chi connectivity index (χ3v) is 3.17. The van der Waals surface area contributed by atoms with E-state index in [0.29, 0.717) is 0 Å². The Morgan fingerprint density at radius 1 is 1.25 bits per heavy atom. The fraction of sp³-hybridized carbons (Fsp3) is 0.667. The summed E-state index contributed by atoms with van der Waals surface area (Å²) in [4.78, 5) is 2.20. The quantitative estimate of drug-likeness (QED) is 0.781. The Bertz CT molecular complexity index is 348. The number of aromatic nitrogens is 2. The fourth-order valence-corrected chi connectivity index (χ4v) is 2.05. The van der Waals surface area contributed by atoms with E-state index in [1.165, 1.54) is 0 Å². The summed E-state index contributed by atoms with van der Waals surface area (Å²) < 4.78 is 0. The molecule has 1 aromatic rings. The number of hydrogen-bond donors (Lipinski definition) is 1. The summed E-state index contributed by atoms with van der Waals surface area (Å²) in [7, 11) is 0. The van der Waals surface area contributed by atoms with Gasteiger partial charge in [-0.05, 0) is 45.2 Å². The number of aryl methyl sites for hydroxylation is 1. The lowest BCUT2D eigenvalue weighted by molar-refractivity contribution is 0.0481. The smallest absolute Gasteiger partial charge is 0.151 e. The second-order valence-corrected chi connectivity index (χ2v) is 4.87. The van der Waals surface area contributed by atoms with E-state index in [1.54, 1.807) is 0 Å². The van der Waals surface area contributed by atoms with Gasteiger partial charge in [0.1, 0.15) is 0 Å². The maximum absolute atomic E-state index is 10.0. The lowest BCUT2D eigenvalue weighted by Gasteiger charge is -2.22. The molecule has 0 spiro atoms. The Hall–Kier alpha value is -1.16. The molecular weight excluding hydrogens is 202 g/mol. The first-order chi connectivity index (χ1) is 7.57. The van der Waals surface area contributed by atoms with Crippen molar-refractivity contribution < 1.29 is 5.11 Å². The van der Waals surface area contributed by atoms with E-state index in [2.05, 4.69) is 15.1 Å². The lowest BCUT2D eigenvalue weighted by atomic mass is 9.98. The van der Waals surface area contributed by atoms with Crippen molar-refractivity contribution in [2.75, 3.05) is 18.0 Å². The van der Waals surface area contributed by atoms with Crippen LogP contribution in [0.3, 0.4) is 0 Å². The van der Waals surface area contributed by atoms with Gasteiger partial charge in [-0.2, -0.15) is 5.10 Å². The van der Waals surface area contributed by atoms with Crippen molar-refractivity contribution in [3.63, 3.8) is 0 Å². The average Bonchev–Trinajstić information content (AvgIpc) is 2.41. The molecular formula is C12H19N3O. The van der Waals surface area contributed by atoms with Crippen LogP contribution in [-0.4, -0.2) is 34.0 Å². The van der Waals surface area contributed by atoms with Crippen LogP contribution in [0, 0.1) is 6.92 Å². The minimum Gasteiger partial charge on any atom is -0.390 e.